The summed E-state index contributed by atoms with van der Waals surface area (Å²) >= 11 is 0. The first-order valence-electron chi connectivity index (χ1n) is 6.76. The molecule has 17 heavy (non-hydrogen) atoms. The van der Waals surface area contributed by atoms with Crippen LogP contribution in [0.3, 0.4) is 0 Å². The van der Waals surface area contributed by atoms with Gasteiger partial charge in [0, 0.05) is 19.1 Å². The van der Waals surface area contributed by atoms with Crippen molar-refractivity contribution in [1.82, 2.24) is 4.90 Å². The Labute approximate surface area is 104 Å². The van der Waals surface area contributed by atoms with Crippen molar-refractivity contribution in [2.45, 2.75) is 51.1 Å². The van der Waals surface area contributed by atoms with Crippen LogP contribution in [0.2, 0.25) is 0 Å². The summed E-state index contributed by atoms with van der Waals surface area (Å²) in [4.78, 5) is 14.0. The highest BCUT2D eigenvalue weighted by molar-refractivity contribution is 5.85. The van der Waals surface area contributed by atoms with Crippen molar-refractivity contribution in [2.75, 3.05) is 13.1 Å². The maximum Gasteiger partial charge on any atom is 0.239 e. The first-order valence-corrected chi connectivity index (χ1v) is 6.76. The summed E-state index contributed by atoms with van der Waals surface area (Å²) < 4.78 is 0. The monoisotopic (exact) mass is 239 g/mol. The minimum absolute atomic E-state index is 0.310. The van der Waals surface area contributed by atoms with E-state index in [2.05, 4.69) is 18.7 Å². The molecule has 4 nitrogen and oxygen atoms in total. The van der Waals surface area contributed by atoms with Gasteiger partial charge in [0.15, 0.2) is 0 Å². The Kier molecular flexibility index (Phi) is 3.46. The van der Waals surface area contributed by atoms with Gasteiger partial charge in [0.2, 0.25) is 5.91 Å². The molecule has 1 aliphatic heterocycles. The molecule has 0 spiro atoms. The molecule has 98 valence electrons. The fourth-order valence-corrected chi connectivity index (χ4v) is 2.94. The Bertz CT molecular complexity index is 303. The zero-order valence-electron chi connectivity index (χ0n) is 11.0. The first-order chi connectivity index (χ1) is 7.93. The van der Waals surface area contributed by atoms with Crippen LogP contribution in [-0.2, 0) is 4.79 Å². The SMILES string of the molecule is CC1CCC(C)N(CC(N)(C(N)=O)C2CC2)C1. The van der Waals surface area contributed by atoms with E-state index >= 15 is 0 Å². The molecule has 2 aliphatic rings. The Morgan fingerprint density at radius 3 is 2.47 bits per heavy atom. The van der Waals surface area contributed by atoms with Crippen LogP contribution >= 0.6 is 0 Å². The van der Waals surface area contributed by atoms with Crippen molar-refractivity contribution >= 4 is 5.91 Å². The highest BCUT2D eigenvalue weighted by atomic mass is 16.1. The molecule has 0 radical (unpaired) electrons. The van der Waals surface area contributed by atoms with E-state index in [-0.39, 0.29) is 5.91 Å². The van der Waals surface area contributed by atoms with Gasteiger partial charge in [-0.3, -0.25) is 9.69 Å². The number of nitrogens with two attached hydrogens (primary N) is 2. The molecule has 1 saturated carbocycles. The van der Waals surface area contributed by atoms with E-state index in [9.17, 15) is 4.79 Å². The molecule has 3 unspecified atom stereocenters. The van der Waals surface area contributed by atoms with E-state index in [4.69, 9.17) is 11.5 Å². The number of piperidine rings is 1. The standard InChI is InChI=1S/C13H25N3O/c1-9-3-4-10(2)16(7-9)8-13(15,12(14)17)11-5-6-11/h9-11H,3-8,15H2,1-2H3,(H2,14,17). The predicted molar refractivity (Wildman–Crippen MR) is 68.3 cm³/mol. The molecule has 0 aromatic carbocycles. The van der Waals surface area contributed by atoms with Crippen LogP contribution in [0.5, 0.6) is 0 Å². The van der Waals surface area contributed by atoms with Crippen LogP contribution in [0, 0.1) is 11.8 Å². The van der Waals surface area contributed by atoms with Gasteiger partial charge < -0.3 is 11.5 Å². The van der Waals surface area contributed by atoms with Gasteiger partial charge in [-0.25, -0.2) is 0 Å². The van der Waals surface area contributed by atoms with Crippen LogP contribution in [-0.4, -0.2) is 35.5 Å². The van der Waals surface area contributed by atoms with E-state index in [0.29, 0.717) is 24.4 Å². The number of carbonyl (C=O) groups excluding carboxylic acids is 1. The average molecular weight is 239 g/mol. The van der Waals surface area contributed by atoms with E-state index in [1.807, 2.05) is 0 Å². The van der Waals surface area contributed by atoms with E-state index in [1.54, 1.807) is 0 Å². The van der Waals surface area contributed by atoms with Crippen molar-refractivity contribution in [3.05, 3.63) is 0 Å². The highest BCUT2D eigenvalue weighted by Crippen LogP contribution is 2.39. The predicted octanol–water partition coefficient (Wildman–Crippen LogP) is 0.700. The van der Waals surface area contributed by atoms with Crippen LogP contribution in [0.25, 0.3) is 0 Å². The number of hydrogen-bond donors (Lipinski definition) is 2. The molecule has 0 aromatic rings. The number of carbonyl (C=O) groups is 1. The van der Waals surface area contributed by atoms with Gasteiger partial charge >= 0.3 is 0 Å². The second-order valence-electron chi connectivity index (χ2n) is 6.14. The van der Waals surface area contributed by atoms with Crippen molar-refractivity contribution in [2.24, 2.45) is 23.3 Å². The summed E-state index contributed by atoms with van der Waals surface area (Å²) in [6, 6.07) is 0.521. The van der Waals surface area contributed by atoms with Crippen LogP contribution in [0.1, 0.15) is 39.5 Å². The highest BCUT2D eigenvalue weighted by Gasteiger charge is 2.48. The fourth-order valence-electron chi connectivity index (χ4n) is 2.94. The molecule has 0 aromatic heterocycles. The summed E-state index contributed by atoms with van der Waals surface area (Å²) in [6.45, 7) is 6.16. The second-order valence-corrected chi connectivity index (χ2v) is 6.14. The molecular weight excluding hydrogens is 214 g/mol. The molecule has 1 saturated heterocycles. The third-order valence-electron chi connectivity index (χ3n) is 4.48. The Morgan fingerprint density at radius 1 is 1.29 bits per heavy atom. The lowest BCUT2D eigenvalue weighted by Gasteiger charge is -2.41. The lowest BCUT2D eigenvalue weighted by molar-refractivity contribution is -0.125. The van der Waals surface area contributed by atoms with Gasteiger partial charge in [0.25, 0.3) is 0 Å². The first kappa shape index (κ1) is 12.8. The number of amides is 1. The van der Waals surface area contributed by atoms with E-state index in [1.165, 1.54) is 12.8 Å². The normalized spacial score (nSPS) is 34.3. The third kappa shape index (κ3) is 2.63. The molecule has 1 aliphatic carbocycles. The van der Waals surface area contributed by atoms with Crippen molar-refractivity contribution < 1.29 is 4.79 Å². The molecule has 2 fully saturated rings. The second kappa shape index (κ2) is 4.58. The number of primary amides is 1. The van der Waals surface area contributed by atoms with Gasteiger partial charge in [-0.15, -0.1) is 0 Å². The summed E-state index contributed by atoms with van der Waals surface area (Å²) in [5.41, 5.74) is 11.0. The fraction of sp³-hybridized carbons (Fsp3) is 0.923. The minimum Gasteiger partial charge on any atom is -0.368 e. The molecule has 0 bridgehead atoms. The van der Waals surface area contributed by atoms with Crippen LogP contribution < -0.4 is 11.5 Å². The van der Waals surface area contributed by atoms with Gasteiger partial charge in [-0.05, 0) is 44.4 Å². The number of hydrogen-bond acceptors (Lipinski definition) is 3. The summed E-state index contributed by atoms with van der Waals surface area (Å²) in [5.74, 6) is 0.678. The van der Waals surface area contributed by atoms with Crippen molar-refractivity contribution in [1.29, 1.82) is 0 Å². The minimum atomic E-state index is -0.800. The lowest BCUT2D eigenvalue weighted by atomic mass is 9.88. The quantitative estimate of drug-likeness (QED) is 0.758. The molecule has 3 atom stereocenters. The zero-order chi connectivity index (χ0) is 12.6. The van der Waals surface area contributed by atoms with Gasteiger partial charge in [0.1, 0.15) is 5.54 Å². The molecule has 1 heterocycles. The van der Waals surface area contributed by atoms with Crippen molar-refractivity contribution in [3.63, 3.8) is 0 Å². The average Bonchev–Trinajstić information content (AvgIpc) is 3.06. The molecule has 2 rings (SSSR count). The van der Waals surface area contributed by atoms with E-state index in [0.717, 1.165) is 19.4 Å². The number of rotatable bonds is 4. The summed E-state index contributed by atoms with van der Waals surface area (Å²) in [6.07, 6.45) is 4.57. The maximum absolute atomic E-state index is 11.6. The Balaban J connectivity index is 2.04. The van der Waals surface area contributed by atoms with Crippen LogP contribution in [0.15, 0.2) is 0 Å². The maximum atomic E-state index is 11.6. The number of likely N-dealkylation sites (tertiary alicyclic amines) is 1. The molecular formula is C13H25N3O. The summed E-state index contributed by atoms with van der Waals surface area (Å²) in [7, 11) is 0. The molecule has 4 N–H and O–H groups in total. The third-order valence-corrected chi connectivity index (χ3v) is 4.48. The topological polar surface area (TPSA) is 72.3 Å². The number of nitrogens with zero attached hydrogens (tertiary/aromatic N) is 1. The van der Waals surface area contributed by atoms with Crippen LogP contribution in [0.4, 0.5) is 0 Å². The Hall–Kier alpha value is -0.610. The summed E-state index contributed by atoms with van der Waals surface area (Å²) in [5, 5.41) is 0. The molecule has 4 heteroatoms. The van der Waals surface area contributed by atoms with Gasteiger partial charge in [0.05, 0.1) is 0 Å². The van der Waals surface area contributed by atoms with Gasteiger partial charge in [-0.1, -0.05) is 6.92 Å². The van der Waals surface area contributed by atoms with Gasteiger partial charge in [-0.2, -0.15) is 0 Å². The zero-order valence-corrected chi connectivity index (χ0v) is 11.0. The largest absolute Gasteiger partial charge is 0.368 e. The van der Waals surface area contributed by atoms with E-state index < -0.39 is 5.54 Å². The lowest BCUT2D eigenvalue weighted by Crippen LogP contribution is -2.62. The smallest absolute Gasteiger partial charge is 0.239 e. The molecule has 1 amide bonds. The van der Waals surface area contributed by atoms with Crippen molar-refractivity contribution in [3.8, 4) is 0 Å². The Morgan fingerprint density at radius 2 is 1.94 bits per heavy atom.